The van der Waals surface area contributed by atoms with Gasteiger partial charge in [0.1, 0.15) is 5.01 Å². The van der Waals surface area contributed by atoms with Crippen molar-refractivity contribution < 1.29 is 9.59 Å². The molecule has 140 valence electrons. The second kappa shape index (κ2) is 8.74. The molecule has 2 amide bonds. The van der Waals surface area contributed by atoms with Gasteiger partial charge in [-0.3, -0.25) is 9.59 Å². The van der Waals surface area contributed by atoms with Gasteiger partial charge in [-0.25, -0.2) is 0 Å². The number of likely N-dealkylation sites (tertiary alicyclic amines) is 1. The number of hydrogen-bond donors (Lipinski definition) is 1. The number of carbonyl (C=O) groups excluding carboxylic acids is 2. The maximum atomic E-state index is 12.4. The zero-order chi connectivity index (χ0) is 18.4. The summed E-state index contributed by atoms with van der Waals surface area (Å²) in [5.74, 6) is 0.0998. The predicted octanol–water partition coefficient (Wildman–Crippen LogP) is 3.49. The summed E-state index contributed by atoms with van der Waals surface area (Å²) in [5, 5.41) is 12.7. The van der Waals surface area contributed by atoms with Gasteiger partial charge < -0.3 is 10.2 Å². The molecule has 1 fully saturated rings. The molecule has 0 unspecified atom stereocenters. The number of amides is 2. The fraction of sp³-hybridized carbons (Fsp3) is 0.778. The first-order valence-electron chi connectivity index (χ1n) is 9.24. The fourth-order valence-corrected chi connectivity index (χ4v) is 3.74. The summed E-state index contributed by atoms with van der Waals surface area (Å²) in [6, 6.07) is 0. The van der Waals surface area contributed by atoms with E-state index in [0.717, 1.165) is 17.8 Å². The first-order valence-corrected chi connectivity index (χ1v) is 10.1. The number of hydrogen-bond acceptors (Lipinski definition) is 5. The van der Waals surface area contributed by atoms with Crippen LogP contribution in [0.25, 0.3) is 0 Å². The number of piperidine rings is 1. The lowest BCUT2D eigenvalue weighted by molar-refractivity contribution is -0.142. The van der Waals surface area contributed by atoms with E-state index in [1.807, 2.05) is 25.7 Å². The van der Waals surface area contributed by atoms with Crippen molar-refractivity contribution in [3.05, 3.63) is 5.01 Å². The number of anilines is 1. The highest BCUT2D eigenvalue weighted by Gasteiger charge is 2.32. The molecule has 25 heavy (non-hydrogen) atoms. The third-order valence-corrected chi connectivity index (χ3v) is 5.38. The first kappa shape index (κ1) is 19.8. The number of nitrogens with one attached hydrogen (secondary N) is 1. The fourth-order valence-electron chi connectivity index (χ4n) is 2.96. The molecule has 6 nitrogen and oxygen atoms in total. The van der Waals surface area contributed by atoms with Crippen LogP contribution in [0.3, 0.4) is 0 Å². The van der Waals surface area contributed by atoms with Crippen molar-refractivity contribution in [3.63, 3.8) is 0 Å². The average molecular weight is 367 g/mol. The van der Waals surface area contributed by atoms with E-state index in [1.165, 1.54) is 24.2 Å². The van der Waals surface area contributed by atoms with Crippen molar-refractivity contribution in [3.8, 4) is 0 Å². The van der Waals surface area contributed by atoms with E-state index >= 15 is 0 Å². The van der Waals surface area contributed by atoms with Crippen LogP contribution in [0.15, 0.2) is 0 Å². The molecule has 0 radical (unpaired) electrons. The summed E-state index contributed by atoms with van der Waals surface area (Å²) in [7, 11) is 0. The van der Waals surface area contributed by atoms with Crippen molar-refractivity contribution in [1.29, 1.82) is 0 Å². The van der Waals surface area contributed by atoms with Crippen LogP contribution in [0.4, 0.5) is 5.13 Å². The number of aryl methyl sites for hydroxylation is 1. The standard InChI is InChI=1S/C18H30N4O2S/c1-5-6-7-8-14-20-21-17(25-14)19-15(23)13-9-11-22(12-10-13)16(24)18(2,3)4/h13H,5-12H2,1-4H3,(H,19,21,23). The van der Waals surface area contributed by atoms with Crippen LogP contribution in [0, 0.1) is 11.3 Å². The topological polar surface area (TPSA) is 75.2 Å². The monoisotopic (exact) mass is 366 g/mol. The molecular weight excluding hydrogens is 336 g/mol. The average Bonchev–Trinajstić information content (AvgIpc) is 3.01. The summed E-state index contributed by atoms with van der Waals surface area (Å²) in [6.07, 6.45) is 5.81. The molecule has 0 atom stereocenters. The van der Waals surface area contributed by atoms with Gasteiger partial charge in [0.25, 0.3) is 0 Å². The molecule has 1 aliphatic heterocycles. The van der Waals surface area contributed by atoms with Crippen LogP contribution in [0.1, 0.15) is 64.8 Å². The number of nitrogens with zero attached hydrogens (tertiary/aromatic N) is 3. The van der Waals surface area contributed by atoms with Crippen LogP contribution < -0.4 is 5.32 Å². The molecule has 1 aromatic rings. The summed E-state index contributed by atoms with van der Waals surface area (Å²) in [6.45, 7) is 9.26. The maximum Gasteiger partial charge on any atom is 0.229 e. The molecule has 0 aromatic carbocycles. The lowest BCUT2D eigenvalue weighted by atomic mass is 9.91. The molecule has 7 heteroatoms. The minimum Gasteiger partial charge on any atom is -0.342 e. The van der Waals surface area contributed by atoms with Crippen molar-refractivity contribution in [2.45, 2.75) is 66.2 Å². The minimum atomic E-state index is -0.365. The highest BCUT2D eigenvalue weighted by molar-refractivity contribution is 7.15. The number of unbranched alkanes of at least 4 members (excludes halogenated alkanes) is 2. The summed E-state index contributed by atoms with van der Waals surface area (Å²) in [5.41, 5.74) is -0.365. The zero-order valence-corrected chi connectivity index (χ0v) is 16.6. The van der Waals surface area contributed by atoms with Gasteiger partial charge in [-0.1, -0.05) is 51.9 Å². The van der Waals surface area contributed by atoms with Crippen LogP contribution >= 0.6 is 11.3 Å². The Labute approximate surface area is 154 Å². The maximum absolute atomic E-state index is 12.4. The Hall–Kier alpha value is -1.50. The van der Waals surface area contributed by atoms with Crippen LogP contribution in [-0.4, -0.2) is 40.0 Å². The Morgan fingerprint density at radius 2 is 1.88 bits per heavy atom. The number of carbonyl (C=O) groups is 2. The van der Waals surface area contributed by atoms with Crippen LogP contribution in [0.2, 0.25) is 0 Å². The molecule has 1 N–H and O–H groups in total. The van der Waals surface area contributed by atoms with Gasteiger partial charge in [0.05, 0.1) is 0 Å². The second-order valence-electron chi connectivity index (χ2n) is 7.76. The van der Waals surface area contributed by atoms with Gasteiger partial charge in [0, 0.05) is 30.8 Å². The van der Waals surface area contributed by atoms with E-state index in [1.54, 1.807) is 0 Å². The molecule has 1 aromatic heterocycles. The van der Waals surface area contributed by atoms with E-state index in [2.05, 4.69) is 22.4 Å². The molecule has 0 bridgehead atoms. The smallest absolute Gasteiger partial charge is 0.229 e. The lowest BCUT2D eigenvalue weighted by Crippen LogP contribution is -2.45. The van der Waals surface area contributed by atoms with E-state index in [4.69, 9.17) is 0 Å². The zero-order valence-electron chi connectivity index (χ0n) is 15.8. The quantitative estimate of drug-likeness (QED) is 0.782. The van der Waals surface area contributed by atoms with Gasteiger partial charge in [0.15, 0.2) is 0 Å². The summed E-state index contributed by atoms with van der Waals surface area (Å²) < 4.78 is 0. The van der Waals surface area contributed by atoms with E-state index < -0.39 is 0 Å². The molecule has 0 spiro atoms. The van der Waals surface area contributed by atoms with Crippen molar-refractivity contribution in [1.82, 2.24) is 15.1 Å². The molecule has 0 saturated carbocycles. The Morgan fingerprint density at radius 1 is 1.20 bits per heavy atom. The first-order chi connectivity index (χ1) is 11.8. The normalized spacial score (nSPS) is 16.1. The van der Waals surface area contributed by atoms with Gasteiger partial charge in [-0.15, -0.1) is 10.2 Å². The molecule has 2 heterocycles. The third-order valence-electron chi connectivity index (χ3n) is 4.49. The van der Waals surface area contributed by atoms with E-state index in [0.29, 0.717) is 31.1 Å². The molecule has 1 saturated heterocycles. The SMILES string of the molecule is CCCCCc1nnc(NC(=O)C2CCN(C(=O)C(C)(C)C)CC2)s1. The molecule has 2 rings (SSSR count). The molecule has 0 aliphatic carbocycles. The van der Waals surface area contributed by atoms with Gasteiger partial charge >= 0.3 is 0 Å². The minimum absolute atomic E-state index is 0.000819. The largest absolute Gasteiger partial charge is 0.342 e. The van der Waals surface area contributed by atoms with Gasteiger partial charge in [0.2, 0.25) is 16.9 Å². The number of aromatic nitrogens is 2. The Kier molecular flexibility index (Phi) is 6.93. The van der Waals surface area contributed by atoms with Crippen molar-refractivity contribution in [2.75, 3.05) is 18.4 Å². The highest BCUT2D eigenvalue weighted by Crippen LogP contribution is 2.25. The van der Waals surface area contributed by atoms with Gasteiger partial charge in [-0.2, -0.15) is 0 Å². The van der Waals surface area contributed by atoms with Crippen LogP contribution in [0.5, 0.6) is 0 Å². The third kappa shape index (κ3) is 5.76. The second-order valence-corrected chi connectivity index (χ2v) is 8.83. The number of rotatable bonds is 6. The summed E-state index contributed by atoms with van der Waals surface area (Å²) in [4.78, 5) is 26.6. The predicted molar refractivity (Wildman–Crippen MR) is 101 cm³/mol. The Bertz CT molecular complexity index is 586. The van der Waals surface area contributed by atoms with Crippen LogP contribution in [-0.2, 0) is 16.0 Å². The van der Waals surface area contributed by atoms with E-state index in [9.17, 15) is 9.59 Å². The van der Waals surface area contributed by atoms with Gasteiger partial charge in [-0.05, 0) is 19.3 Å². The highest BCUT2D eigenvalue weighted by atomic mass is 32.1. The molecule has 1 aliphatic rings. The Balaban J connectivity index is 1.80. The summed E-state index contributed by atoms with van der Waals surface area (Å²) >= 11 is 1.47. The Morgan fingerprint density at radius 3 is 2.48 bits per heavy atom. The lowest BCUT2D eigenvalue weighted by Gasteiger charge is -2.35. The van der Waals surface area contributed by atoms with E-state index in [-0.39, 0.29) is 23.1 Å². The van der Waals surface area contributed by atoms with Crippen molar-refractivity contribution in [2.24, 2.45) is 11.3 Å². The van der Waals surface area contributed by atoms with Crippen molar-refractivity contribution >= 4 is 28.3 Å². The molecular formula is C18H30N4O2S.